The second-order valence-electron chi connectivity index (χ2n) is 9.75. The van der Waals surface area contributed by atoms with Gasteiger partial charge in [-0.2, -0.15) is 31.4 Å². The predicted molar refractivity (Wildman–Crippen MR) is 123 cm³/mol. The van der Waals surface area contributed by atoms with Crippen LogP contribution in [0.3, 0.4) is 0 Å². The number of hydrogen-bond acceptors (Lipinski definition) is 6. The van der Waals surface area contributed by atoms with Crippen LogP contribution in [0.25, 0.3) is 11.3 Å². The number of rotatable bonds is 6. The smallest absolute Gasteiger partial charge is 0.434 e. The van der Waals surface area contributed by atoms with E-state index in [1.807, 2.05) is 29.2 Å². The summed E-state index contributed by atoms with van der Waals surface area (Å²) in [5.74, 6) is -0.436. The lowest BCUT2D eigenvalue weighted by Gasteiger charge is -2.35. The fourth-order valence-corrected chi connectivity index (χ4v) is 3.83. The summed E-state index contributed by atoms with van der Waals surface area (Å²) in [6.07, 6.45) is -15.7. The molecular weight excluding hydrogens is 522 g/mol. The minimum absolute atomic E-state index is 0.0684. The van der Waals surface area contributed by atoms with Gasteiger partial charge in [0.05, 0.1) is 5.69 Å². The van der Waals surface area contributed by atoms with E-state index in [4.69, 9.17) is 4.74 Å². The van der Waals surface area contributed by atoms with E-state index in [2.05, 4.69) is 9.84 Å². The van der Waals surface area contributed by atoms with E-state index in [1.165, 1.54) is 4.68 Å². The van der Waals surface area contributed by atoms with Crippen LogP contribution in [0.4, 0.5) is 31.1 Å². The molecule has 0 saturated carbocycles. The van der Waals surface area contributed by atoms with Crippen LogP contribution in [-0.4, -0.2) is 81.9 Å². The summed E-state index contributed by atoms with van der Waals surface area (Å²) >= 11 is 0. The van der Waals surface area contributed by atoms with Crippen molar-refractivity contribution < 1.29 is 45.4 Å². The number of esters is 1. The number of benzene rings is 1. The molecule has 0 aliphatic carbocycles. The van der Waals surface area contributed by atoms with Crippen LogP contribution in [0.1, 0.15) is 26.3 Å². The molecule has 2 aromatic rings. The fourth-order valence-electron chi connectivity index (χ4n) is 3.83. The highest BCUT2D eigenvalue weighted by Crippen LogP contribution is 2.36. The normalized spacial score (nSPS) is 15.6. The Hall–Kier alpha value is -3.29. The average Bonchev–Trinajstić information content (AvgIpc) is 3.23. The third-order valence-corrected chi connectivity index (χ3v) is 5.48. The Bertz CT molecular complexity index is 1100. The Morgan fingerprint density at radius 3 is 2.13 bits per heavy atom. The van der Waals surface area contributed by atoms with Crippen molar-refractivity contribution in [2.24, 2.45) is 0 Å². The molecule has 14 heteroatoms. The van der Waals surface area contributed by atoms with E-state index in [-0.39, 0.29) is 32.7 Å². The zero-order chi connectivity index (χ0) is 28.3. The van der Waals surface area contributed by atoms with Crippen molar-refractivity contribution in [2.45, 2.75) is 57.9 Å². The second-order valence-corrected chi connectivity index (χ2v) is 9.75. The van der Waals surface area contributed by atoms with Crippen LogP contribution in [0.2, 0.25) is 0 Å². The Labute approximate surface area is 215 Å². The Balaban J connectivity index is 1.60. The Morgan fingerprint density at radius 2 is 1.55 bits per heavy atom. The molecule has 1 saturated heterocycles. The molecule has 0 bridgehead atoms. The Morgan fingerprint density at radius 1 is 0.947 bits per heavy atom. The van der Waals surface area contributed by atoms with Crippen LogP contribution in [0, 0.1) is 0 Å². The number of halogens is 6. The molecule has 1 aliphatic rings. The number of nitrogens with zero attached hydrogens (tertiary/aromatic N) is 4. The number of carbonyl (C=O) groups excluding carboxylic acids is 2. The number of amides is 1. The van der Waals surface area contributed by atoms with Crippen molar-refractivity contribution in [3.8, 4) is 11.3 Å². The van der Waals surface area contributed by atoms with E-state index >= 15 is 0 Å². The molecule has 2 heterocycles. The zero-order valence-corrected chi connectivity index (χ0v) is 21.0. The second kappa shape index (κ2) is 11.2. The van der Waals surface area contributed by atoms with Gasteiger partial charge in [-0.1, -0.05) is 24.3 Å². The highest BCUT2D eigenvalue weighted by atomic mass is 19.4. The van der Waals surface area contributed by atoms with Gasteiger partial charge in [0, 0.05) is 44.5 Å². The third-order valence-electron chi connectivity index (χ3n) is 5.48. The number of hydrogen-bond donors (Lipinski definition) is 0. The zero-order valence-electron chi connectivity index (χ0n) is 21.0. The number of carbonyl (C=O) groups is 2. The van der Waals surface area contributed by atoms with Gasteiger partial charge in [-0.25, -0.2) is 4.79 Å². The van der Waals surface area contributed by atoms with Crippen molar-refractivity contribution in [1.29, 1.82) is 0 Å². The molecular formula is C24H28F6N4O4. The van der Waals surface area contributed by atoms with Crippen LogP contribution < -0.4 is 0 Å². The Kier molecular flexibility index (Phi) is 8.64. The average molecular weight is 550 g/mol. The molecule has 0 N–H and O–H groups in total. The van der Waals surface area contributed by atoms with Gasteiger partial charge in [0.15, 0.2) is 0 Å². The van der Waals surface area contributed by atoms with Gasteiger partial charge in [0.1, 0.15) is 12.1 Å². The molecule has 0 radical (unpaired) electrons. The minimum Gasteiger partial charge on any atom is -0.459 e. The van der Waals surface area contributed by atoms with E-state index in [0.717, 1.165) is 16.0 Å². The molecule has 1 aliphatic heterocycles. The van der Waals surface area contributed by atoms with E-state index in [1.54, 1.807) is 33.0 Å². The molecule has 1 amide bonds. The van der Waals surface area contributed by atoms with Crippen LogP contribution >= 0.6 is 0 Å². The molecule has 1 aromatic carbocycles. The summed E-state index contributed by atoms with van der Waals surface area (Å²) in [6.45, 7) is 5.83. The summed E-state index contributed by atoms with van der Waals surface area (Å²) in [7, 11) is 0. The van der Waals surface area contributed by atoms with Gasteiger partial charge < -0.3 is 14.4 Å². The summed E-state index contributed by atoms with van der Waals surface area (Å²) in [4.78, 5) is 26.8. The molecule has 210 valence electrons. The molecule has 8 nitrogen and oxygen atoms in total. The van der Waals surface area contributed by atoms with Crippen LogP contribution in [-0.2, 0) is 27.4 Å². The van der Waals surface area contributed by atoms with Gasteiger partial charge in [0.2, 0.25) is 0 Å². The first kappa shape index (κ1) is 29.3. The van der Waals surface area contributed by atoms with E-state index in [0.29, 0.717) is 12.2 Å². The monoisotopic (exact) mass is 550 g/mol. The first-order valence-electron chi connectivity index (χ1n) is 11.7. The minimum atomic E-state index is -5.76. The quantitative estimate of drug-likeness (QED) is 0.386. The van der Waals surface area contributed by atoms with Gasteiger partial charge >= 0.3 is 24.4 Å². The van der Waals surface area contributed by atoms with Crippen molar-refractivity contribution in [3.05, 3.63) is 42.1 Å². The molecule has 38 heavy (non-hydrogen) atoms. The van der Waals surface area contributed by atoms with Crippen molar-refractivity contribution >= 4 is 12.1 Å². The maximum atomic E-state index is 12.7. The van der Waals surface area contributed by atoms with Gasteiger partial charge in [-0.3, -0.25) is 14.4 Å². The van der Waals surface area contributed by atoms with Crippen LogP contribution in [0.5, 0.6) is 0 Å². The largest absolute Gasteiger partial charge is 0.459 e. The topological polar surface area (TPSA) is 76.9 Å². The molecule has 3 rings (SSSR count). The summed E-state index contributed by atoms with van der Waals surface area (Å²) in [5, 5.41) is 4.45. The van der Waals surface area contributed by atoms with Gasteiger partial charge in [-0.05, 0) is 32.4 Å². The standard InChI is InChI=1S/C24H28F6N4O4/c1-22(2,3)38-19(35)15-34-9-8-18(31-34)17-7-5-4-6-16(17)14-32-10-12-33(13-11-32)21(36)37-20(23(25,26)27)24(28,29)30/h4-9,20H,10-15H2,1-3H3. The first-order chi connectivity index (χ1) is 17.5. The van der Waals surface area contributed by atoms with Crippen molar-refractivity contribution in [2.75, 3.05) is 26.2 Å². The van der Waals surface area contributed by atoms with Crippen molar-refractivity contribution in [1.82, 2.24) is 19.6 Å². The molecule has 1 aromatic heterocycles. The molecule has 0 spiro atoms. The van der Waals surface area contributed by atoms with Crippen molar-refractivity contribution in [3.63, 3.8) is 0 Å². The number of ether oxygens (including phenoxy) is 2. The lowest BCUT2D eigenvalue weighted by atomic mass is 10.0. The maximum Gasteiger partial charge on any atom is 0.434 e. The number of piperazine rings is 1. The summed E-state index contributed by atoms with van der Waals surface area (Å²) in [5.41, 5.74) is 1.63. The molecule has 1 fully saturated rings. The van der Waals surface area contributed by atoms with Gasteiger partial charge in [-0.15, -0.1) is 0 Å². The highest BCUT2D eigenvalue weighted by molar-refractivity contribution is 5.70. The predicted octanol–water partition coefficient (Wildman–Crippen LogP) is 4.64. The molecule has 0 unspecified atom stereocenters. The lowest BCUT2D eigenvalue weighted by molar-refractivity contribution is -0.308. The van der Waals surface area contributed by atoms with Gasteiger partial charge in [0.25, 0.3) is 6.10 Å². The first-order valence-corrected chi connectivity index (χ1v) is 11.7. The summed E-state index contributed by atoms with van der Waals surface area (Å²) in [6, 6.07) is 9.09. The highest BCUT2D eigenvalue weighted by Gasteiger charge is 2.60. The van der Waals surface area contributed by atoms with E-state index in [9.17, 15) is 35.9 Å². The van der Waals surface area contributed by atoms with E-state index < -0.39 is 36.1 Å². The van der Waals surface area contributed by atoms with Crippen LogP contribution in [0.15, 0.2) is 36.5 Å². The lowest BCUT2D eigenvalue weighted by Crippen LogP contribution is -2.52. The number of aromatic nitrogens is 2. The molecule has 0 atom stereocenters. The summed E-state index contributed by atoms with van der Waals surface area (Å²) < 4.78 is 86.8. The fraction of sp³-hybridized carbons (Fsp3) is 0.542. The SMILES string of the molecule is CC(C)(C)OC(=O)Cn1ccc(-c2ccccc2CN2CCN(C(=O)OC(C(F)(F)F)C(F)(F)F)CC2)n1. The third kappa shape index (κ3) is 8.10. The number of alkyl halides is 6. The maximum absolute atomic E-state index is 12.7.